The van der Waals surface area contributed by atoms with Crippen molar-refractivity contribution in [3.05, 3.63) is 30.1 Å². The summed E-state index contributed by atoms with van der Waals surface area (Å²) in [5.41, 5.74) is 1.09. The number of nitrogens with zero attached hydrogens (tertiary/aromatic N) is 2. The Hall–Kier alpha value is -1.13. The molecule has 0 radical (unpaired) electrons. The van der Waals surface area contributed by atoms with Gasteiger partial charge in [0.1, 0.15) is 5.82 Å². The van der Waals surface area contributed by atoms with Gasteiger partial charge in [-0.1, -0.05) is 0 Å². The van der Waals surface area contributed by atoms with Crippen molar-refractivity contribution in [1.29, 1.82) is 0 Å². The van der Waals surface area contributed by atoms with Gasteiger partial charge in [-0.05, 0) is 37.6 Å². The van der Waals surface area contributed by atoms with E-state index < -0.39 is 0 Å². The van der Waals surface area contributed by atoms with Crippen LogP contribution in [0.2, 0.25) is 0 Å². The number of hydrogen-bond acceptors (Lipinski definition) is 3. The number of benzene rings is 1. The molecule has 1 aliphatic rings. The van der Waals surface area contributed by atoms with Crippen LogP contribution in [-0.2, 0) is 0 Å². The van der Waals surface area contributed by atoms with Crippen molar-refractivity contribution >= 4 is 5.69 Å². The Labute approximate surface area is 108 Å². The smallest absolute Gasteiger partial charge is 0.123 e. The van der Waals surface area contributed by atoms with Gasteiger partial charge in [0.05, 0.1) is 6.10 Å². The normalized spacial score (nSPS) is 18.9. The zero-order valence-electron chi connectivity index (χ0n) is 10.8. The van der Waals surface area contributed by atoms with E-state index in [4.69, 9.17) is 0 Å². The van der Waals surface area contributed by atoms with Crippen LogP contribution in [0.5, 0.6) is 0 Å². The van der Waals surface area contributed by atoms with Gasteiger partial charge in [-0.3, -0.25) is 4.90 Å². The van der Waals surface area contributed by atoms with Gasteiger partial charge in [0, 0.05) is 38.4 Å². The Morgan fingerprint density at radius 2 is 1.78 bits per heavy atom. The molecule has 18 heavy (non-hydrogen) atoms. The molecule has 0 aliphatic carbocycles. The van der Waals surface area contributed by atoms with Gasteiger partial charge in [0.25, 0.3) is 0 Å². The maximum absolute atomic E-state index is 12.8. The van der Waals surface area contributed by atoms with Gasteiger partial charge in [-0.15, -0.1) is 0 Å². The molecular weight excluding hydrogens is 231 g/mol. The van der Waals surface area contributed by atoms with Crippen molar-refractivity contribution in [2.24, 2.45) is 0 Å². The molecule has 2 rings (SSSR count). The Morgan fingerprint density at radius 1 is 1.17 bits per heavy atom. The SMILES string of the molecule is CC(O)CCN1CCN(c2ccc(F)cc2)CC1. The average Bonchev–Trinajstić information content (AvgIpc) is 2.38. The quantitative estimate of drug-likeness (QED) is 0.884. The van der Waals surface area contributed by atoms with E-state index >= 15 is 0 Å². The second-order valence-corrected chi connectivity index (χ2v) is 4.94. The number of hydrogen-bond donors (Lipinski definition) is 1. The average molecular weight is 252 g/mol. The summed E-state index contributed by atoms with van der Waals surface area (Å²) in [6, 6.07) is 6.69. The molecule has 1 aromatic carbocycles. The molecule has 0 aromatic heterocycles. The standard InChI is InChI=1S/C14H21FN2O/c1-12(18)6-7-16-8-10-17(11-9-16)14-4-2-13(15)3-5-14/h2-5,12,18H,6-11H2,1H3. The van der Waals surface area contributed by atoms with E-state index in [-0.39, 0.29) is 11.9 Å². The molecule has 0 saturated carbocycles. The molecule has 0 spiro atoms. The van der Waals surface area contributed by atoms with E-state index in [1.807, 2.05) is 19.1 Å². The monoisotopic (exact) mass is 252 g/mol. The summed E-state index contributed by atoms with van der Waals surface area (Å²) in [5.74, 6) is -0.186. The predicted molar refractivity (Wildman–Crippen MR) is 71.4 cm³/mol. The maximum atomic E-state index is 12.8. The molecule has 100 valence electrons. The number of aliphatic hydroxyl groups is 1. The highest BCUT2D eigenvalue weighted by Crippen LogP contribution is 2.16. The lowest BCUT2D eigenvalue weighted by Crippen LogP contribution is -2.47. The molecule has 0 amide bonds. The molecule has 3 nitrogen and oxygen atoms in total. The maximum Gasteiger partial charge on any atom is 0.123 e. The second-order valence-electron chi connectivity index (χ2n) is 4.94. The van der Waals surface area contributed by atoms with Crippen LogP contribution in [0.25, 0.3) is 0 Å². The van der Waals surface area contributed by atoms with E-state index in [1.165, 1.54) is 12.1 Å². The highest BCUT2D eigenvalue weighted by atomic mass is 19.1. The fourth-order valence-electron chi connectivity index (χ4n) is 2.25. The summed E-state index contributed by atoms with van der Waals surface area (Å²) in [4.78, 5) is 4.64. The van der Waals surface area contributed by atoms with Crippen molar-refractivity contribution in [2.75, 3.05) is 37.6 Å². The van der Waals surface area contributed by atoms with Gasteiger partial charge in [-0.25, -0.2) is 4.39 Å². The number of rotatable bonds is 4. The highest BCUT2D eigenvalue weighted by molar-refractivity contribution is 5.46. The molecule has 1 unspecified atom stereocenters. The van der Waals surface area contributed by atoms with Crippen LogP contribution in [0.3, 0.4) is 0 Å². The zero-order chi connectivity index (χ0) is 13.0. The van der Waals surface area contributed by atoms with E-state index in [0.717, 1.165) is 44.8 Å². The van der Waals surface area contributed by atoms with Crippen LogP contribution in [0.4, 0.5) is 10.1 Å². The van der Waals surface area contributed by atoms with Crippen LogP contribution >= 0.6 is 0 Å². The first kappa shape index (κ1) is 13.3. The van der Waals surface area contributed by atoms with Crippen molar-refractivity contribution in [2.45, 2.75) is 19.4 Å². The molecular formula is C14H21FN2O. The predicted octanol–water partition coefficient (Wildman–Crippen LogP) is 1.72. The third-order valence-electron chi connectivity index (χ3n) is 3.43. The Morgan fingerprint density at radius 3 is 2.33 bits per heavy atom. The van der Waals surface area contributed by atoms with Crippen LogP contribution in [-0.4, -0.2) is 48.8 Å². The fraction of sp³-hybridized carbons (Fsp3) is 0.571. The second kappa shape index (κ2) is 6.16. The third-order valence-corrected chi connectivity index (χ3v) is 3.43. The molecule has 1 aromatic rings. The molecule has 1 fully saturated rings. The van der Waals surface area contributed by atoms with E-state index in [1.54, 1.807) is 0 Å². The van der Waals surface area contributed by atoms with E-state index in [0.29, 0.717) is 0 Å². The van der Waals surface area contributed by atoms with E-state index in [2.05, 4.69) is 9.80 Å². The minimum atomic E-state index is -0.222. The fourth-order valence-corrected chi connectivity index (χ4v) is 2.25. The number of anilines is 1. The van der Waals surface area contributed by atoms with Crippen LogP contribution < -0.4 is 4.90 Å². The van der Waals surface area contributed by atoms with Crippen LogP contribution in [0.15, 0.2) is 24.3 Å². The minimum absolute atomic E-state index is 0.186. The van der Waals surface area contributed by atoms with Gasteiger partial charge in [0.2, 0.25) is 0 Å². The number of halogens is 1. The number of aliphatic hydroxyl groups excluding tert-OH is 1. The highest BCUT2D eigenvalue weighted by Gasteiger charge is 2.17. The largest absolute Gasteiger partial charge is 0.393 e. The lowest BCUT2D eigenvalue weighted by atomic mass is 10.2. The first-order chi connectivity index (χ1) is 8.65. The zero-order valence-corrected chi connectivity index (χ0v) is 10.8. The first-order valence-corrected chi connectivity index (χ1v) is 6.56. The molecule has 4 heteroatoms. The lowest BCUT2D eigenvalue weighted by molar-refractivity contribution is 0.153. The molecule has 1 saturated heterocycles. The van der Waals surface area contributed by atoms with Crippen molar-refractivity contribution in [1.82, 2.24) is 4.90 Å². The number of piperazine rings is 1. The topological polar surface area (TPSA) is 26.7 Å². The van der Waals surface area contributed by atoms with Crippen molar-refractivity contribution in [3.63, 3.8) is 0 Å². The summed E-state index contributed by atoms with van der Waals surface area (Å²) in [7, 11) is 0. The molecule has 0 bridgehead atoms. The van der Waals surface area contributed by atoms with Gasteiger partial charge in [0.15, 0.2) is 0 Å². The molecule has 1 N–H and O–H groups in total. The van der Waals surface area contributed by atoms with Crippen LogP contribution in [0.1, 0.15) is 13.3 Å². The Kier molecular flexibility index (Phi) is 4.55. The van der Waals surface area contributed by atoms with Gasteiger partial charge in [-0.2, -0.15) is 0 Å². The first-order valence-electron chi connectivity index (χ1n) is 6.56. The van der Waals surface area contributed by atoms with Crippen molar-refractivity contribution < 1.29 is 9.50 Å². The summed E-state index contributed by atoms with van der Waals surface area (Å²) in [6.07, 6.45) is 0.608. The Balaban J connectivity index is 1.81. The van der Waals surface area contributed by atoms with Gasteiger partial charge >= 0.3 is 0 Å². The van der Waals surface area contributed by atoms with Crippen molar-refractivity contribution in [3.8, 4) is 0 Å². The van der Waals surface area contributed by atoms with Crippen LogP contribution in [0, 0.1) is 5.82 Å². The summed E-state index contributed by atoms with van der Waals surface area (Å²) < 4.78 is 12.8. The van der Waals surface area contributed by atoms with Gasteiger partial charge < -0.3 is 10.0 Å². The Bertz CT molecular complexity index is 359. The minimum Gasteiger partial charge on any atom is -0.393 e. The summed E-state index contributed by atoms with van der Waals surface area (Å²) in [5, 5.41) is 9.27. The molecule has 1 aliphatic heterocycles. The third kappa shape index (κ3) is 3.68. The lowest BCUT2D eigenvalue weighted by Gasteiger charge is -2.36. The molecule has 1 heterocycles. The summed E-state index contributed by atoms with van der Waals surface area (Å²) in [6.45, 7) is 6.72. The summed E-state index contributed by atoms with van der Waals surface area (Å²) >= 11 is 0. The molecule has 1 atom stereocenters. The van der Waals surface area contributed by atoms with E-state index in [9.17, 15) is 9.50 Å².